The summed E-state index contributed by atoms with van der Waals surface area (Å²) in [4.78, 5) is 10.8. The molecule has 0 bridgehead atoms. The molecule has 5 heteroatoms. The Kier molecular flexibility index (Phi) is 7.23. The summed E-state index contributed by atoms with van der Waals surface area (Å²) in [5, 5.41) is 8.76. The van der Waals surface area contributed by atoms with E-state index in [-0.39, 0.29) is 17.8 Å². The van der Waals surface area contributed by atoms with Crippen LogP contribution in [0.4, 0.5) is 0 Å². The first-order valence-corrected chi connectivity index (χ1v) is 4.97. The highest BCUT2D eigenvalue weighted by molar-refractivity contribution is 7.99. The fourth-order valence-corrected chi connectivity index (χ4v) is 1.70. The molecule has 0 heterocycles. The number of carbonyl (C=O) groups excluding carboxylic acids is 1. The molecule has 0 aliphatic carbocycles. The van der Waals surface area contributed by atoms with Crippen LogP contribution in [-0.2, 0) is 4.79 Å². The van der Waals surface area contributed by atoms with E-state index in [1.165, 1.54) is 0 Å². The number of nitrogens with two attached hydrogens (primary N) is 1. The summed E-state index contributed by atoms with van der Waals surface area (Å²) in [6.45, 7) is 2.18. The smallest absolute Gasteiger partial charge is 0.234 e. The first-order valence-electron chi connectivity index (χ1n) is 3.92. The Balaban J connectivity index is 3.32. The highest BCUT2D eigenvalue weighted by atomic mass is 32.2. The third-order valence-corrected chi connectivity index (χ3v) is 2.60. The van der Waals surface area contributed by atoms with Crippen molar-refractivity contribution in [2.24, 2.45) is 5.84 Å². The SMILES string of the molecule is CC(CC(=O)NN)SCCCO. The van der Waals surface area contributed by atoms with Gasteiger partial charge in [-0.05, 0) is 12.2 Å². The predicted octanol–water partition coefficient (Wildman–Crippen LogP) is -0.129. The van der Waals surface area contributed by atoms with E-state index in [9.17, 15) is 4.79 Å². The second-order valence-corrected chi connectivity index (χ2v) is 4.08. The maximum absolute atomic E-state index is 10.8. The van der Waals surface area contributed by atoms with Gasteiger partial charge in [-0.3, -0.25) is 10.2 Å². The maximum Gasteiger partial charge on any atom is 0.234 e. The van der Waals surface area contributed by atoms with Gasteiger partial charge in [-0.25, -0.2) is 5.84 Å². The molecule has 0 rings (SSSR count). The minimum Gasteiger partial charge on any atom is -0.396 e. The molecule has 0 aromatic carbocycles. The van der Waals surface area contributed by atoms with E-state index in [0.717, 1.165) is 12.2 Å². The van der Waals surface area contributed by atoms with Crippen molar-refractivity contribution in [2.45, 2.75) is 25.0 Å². The number of nitrogens with one attached hydrogen (secondary N) is 1. The minimum absolute atomic E-state index is 0.140. The Labute approximate surface area is 76.9 Å². The Morgan fingerprint density at radius 3 is 2.92 bits per heavy atom. The monoisotopic (exact) mass is 192 g/mol. The normalized spacial score (nSPS) is 12.6. The third-order valence-electron chi connectivity index (χ3n) is 1.34. The van der Waals surface area contributed by atoms with Gasteiger partial charge >= 0.3 is 0 Å². The molecule has 0 spiro atoms. The first-order chi connectivity index (χ1) is 5.70. The van der Waals surface area contributed by atoms with Crippen LogP contribution in [0.3, 0.4) is 0 Å². The van der Waals surface area contributed by atoms with Crippen molar-refractivity contribution in [3.05, 3.63) is 0 Å². The van der Waals surface area contributed by atoms with Crippen molar-refractivity contribution in [1.82, 2.24) is 5.43 Å². The molecule has 0 radical (unpaired) electrons. The lowest BCUT2D eigenvalue weighted by Gasteiger charge is -2.08. The molecule has 1 unspecified atom stereocenters. The molecule has 4 nitrogen and oxygen atoms in total. The largest absolute Gasteiger partial charge is 0.396 e. The van der Waals surface area contributed by atoms with E-state index in [1.807, 2.05) is 6.92 Å². The van der Waals surface area contributed by atoms with E-state index in [4.69, 9.17) is 10.9 Å². The quantitative estimate of drug-likeness (QED) is 0.237. The summed E-state index contributed by atoms with van der Waals surface area (Å²) in [5.41, 5.74) is 2.08. The molecule has 4 N–H and O–H groups in total. The summed E-state index contributed by atoms with van der Waals surface area (Å²) >= 11 is 1.67. The van der Waals surface area contributed by atoms with Gasteiger partial charge in [0.25, 0.3) is 0 Å². The fourth-order valence-electron chi connectivity index (χ4n) is 0.728. The van der Waals surface area contributed by atoms with Crippen molar-refractivity contribution in [3.8, 4) is 0 Å². The van der Waals surface area contributed by atoms with Gasteiger partial charge in [-0.2, -0.15) is 11.8 Å². The molecule has 0 saturated heterocycles. The van der Waals surface area contributed by atoms with Crippen LogP contribution in [0.1, 0.15) is 19.8 Å². The molecular formula is C7H16N2O2S. The molecule has 12 heavy (non-hydrogen) atoms. The lowest BCUT2D eigenvalue weighted by atomic mass is 10.3. The van der Waals surface area contributed by atoms with Crippen LogP contribution in [0, 0.1) is 0 Å². The molecule has 0 aliphatic rings. The highest BCUT2D eigenvalue weighted by Crippen LogP contribution is 2.14. The van der Waals surface area contributed by atoms with Crippen LogP contribution in [0.2, 0.25) is 0 Å². The van der Waals surface area contributed by atoms with E-state index in [1.54, 1.807) is 11.8 Å². The lowest BCUT2D eigenvalue weighted by Crippen LogP contribution is -2.31. The second-order valence-electron chi connectivity index (χ2n) is 2.53. The Morgan fingerprint density at radius 1 is 1.75 bits per heavy atom. The Morgan fingerprint density at radius 2 is 2.42 bits per heavy atom. The number of hydrogen-bond acceptors (Lipinski definition) is 4. The van der Waals surface area contributed by atoms with Gasteiger partial charge < -0.3 is 5.11 Å². The number of aliphatic hydroxyl groups is 1. The van der Waals surface area contributed by atoms with Gasteiger partial charge in [0.15, 0.2) is 0 Å². The van der Waals surface area contributed by atoms with Crippen LogP contribution < -0.4 is 11.3 Å². The van der Waals surface area contributed by atoms with Gasteiger partial charge in [0, 0.05) is 18.3 Å². The fraction of sp³-hybridized carbons (Fsp3) is 0.857. The summed E-state index contributed by atoms with van der Waals surface area (Å²) in [5.74, 6) is 5.67. The average molecular weight is 192 g/mol. The summed E-state index contributed by atoms with van der Waals surface area (Å²) < 4.78 is 0. The molecule has 0 aliphatic heterocycles. The summed E-state index contributed by atoms with van der Waals surface area (Å²) in [6, 6.07) is 0. The van der Waals surface area contributed by atoms with E-state index in [2.05, 4.69) is 5.43 Å². The molecular weight excluding hydrogens is 176 g/mol. The standard InChI is InChI=1S/C7H16N2O2S/c1-6(5-7(11)9-8)12-4-2-3-10/h6,10H,2-5,8H2,1H3,(H,9,11). The Hall–Kier alpha value is -0.260. The average Bonchev–Trinajstić information content (AvgIpc) is 2.05. The maximum atomic E-state index is 10.8. The van der Waals surface area contributed by atoms with Gasteiger partial charge in [0.05, 0.1) is 0 Å². The number of rotatable bonds is 6. The number of carbonyl (C=O) groups is 1. The minimum atomic E-state index is -0.140. The topological polar surface area (TPSA) is 75.4 Å². The van der Waals surface area contributed by atoms with Crippen LogP contribution in [0.5, 0.6) is 0 Å². The molecule has 0 aromatic rings. The zero-order valence-corrected chi connectivity index (χ0v) is 8.06. The third kappa shape index (κ3) is 6.45. The van der Waals surface area contributed by atoms with Gasteiger partial charge in [0.2, 0.25) is 5.91 Å². The molecule has 0 saturated carbocycles. The number of amides is 1. The van der Waals surface area contributed by atoms with Gasteiger partial charge in [-0.15, -0.1) is 0 Å². The molecule has 0 fully saturated rings. The lowest BCUT2D eigenvalue weighted by molar-refractivity contribution is -0.121. The van der Waals surface area contributed by atoms with Crippen molar-refractivity contribution in [2.75, 3.05) is 12.4 Å². The summed E-state index contributed by atoms with van der Waals surface area (Å²) in [7, 11) is 0. The number of hydrazine groups is 1. The molecule has 72 valence electrons. The van der Waals surface area contributed by atoms with Gasteiger partial charge in [-0.1, -0.05) is 6.92 Å². The van der Waals surface area contributed by atoms with Crippen LogP contribution >= 0.6 is 11.8 Å². The second kappa shape index (κ2) is 7.39. The zero-order valence-electron chi connectivity index (χ0n) is 7.25. The van der Waals surface area contributed by atoms with E-state index in [0.29, 0.717) is 6.42 Å². The van der Waals surface area contributed by atoms with Gasteiger partial charge in [0.1, 0.15) is 0 Å². The van der Waals surface area contributed by atoms with Crippen LogP contribution in [0.25, 0.3) is 0 Å². The van der Waals surface area contributed by atoms with Crippen molar-refractivity contribution < 1.29 is 9.90 Å². The van der Waals surface area contributed by atoms with Crippen molar-refractivity contribution in [3.63, 3.8) is 0 Å². The zero-order chi connectivity index (χ0) is 9.40. The van der Waals surface area contributed by atoms with Crippen LogP contribution in [0.15, 0.2) is 0 Å². The van der Waals surface area contributed by atoms with Crippen LogP contribution in [-0.4, -0.2) is 28.6 Å². The van der Waals surface area contributed by atoms with E-state index < -0.39 is 0 Å². The molecule has 1 amide bonds. The molecule has 0 aromatic heterocycles. The molecule has 1 atom stereocenters. The number of aliphatic hydroxyl groups excluding tert-OH is 1. The number of hydrogen-bond donors (Lipinski definition) is 3. The van der Waals surface area contributed by atoms with Crippen molar-refractivity contribution >= 4 is 17.7 Å². The highest BCUT2D eigenvalue weighted by Gasteiger charge is 2.07. The summed E-state index contributed by atoms with van der Waals surface area (Å²) in [6.07, 6.45) is 1.21. The Bertz CT molecular complexity index is 133. The first kappa shape index (κ1) is 11.7. The number of thioether (sulfide) groups is 1. The predicted molar refractivity (Wildman–Crippen MR) is 50.6 cm³/mol. The van der Waals surface area contributed by atoms with E-state index >= 15 is 0 Å². The van der Waals surface area contributed by atoms with Crippen molar-refractivity contribution in [1.29, 1.82) is 0 Å².